The zero-order chi connectivity index (χ0) is 15.3. The smallest absolute Gasteiger partial charge is 0.324 e. The van der Waals surface area contributed by atoms with Crippen LogP contribution < -0.4 is 4.74 Å². The second-order valence-corrected chi connectivity index (χ2v) is 6.02. The number of aliphatic carboxylic acids is 1. The predicted molar refractivity (Wildman–Crippen MR) is 70.9 cm³/mol. The molecular formula is C11H15N3O5S. The highest BCUT2D eigenvalue weighted by atomic mass is 32.2. The molecule has 0 saturated carbocycles. The summed E-state index contributed by atoms with van der Waals surface area (Å²) in [4.78, 5) is 10.6. The van der Waals surface area contributed by atoms with Crippen LogP contribution >= 0.6 is 0 Å². The second kappa shape index (κ2) is 6.33. The first-order valence-electron chi connectivity index (χ1n) is 5.46. The van der Waals surface area contributed by atoms with Crippen LogP contribution in [0.1, 0.15) is 0 Å². The van der Waals surface area contributed by atoms with Crippen LogP contribution in [-0.2, 0) is 14.6 Å². The van der Waals surface area contributed by atoms with Gasteiger partial charge in [-0.1, -0.05) is 5.22 Å². The molecule has 20 heavy (non-hydrogen) atoms. The molecule has 1 aromatic rings. The fourth-order valence-corrected chi connectivity index (χ4v) is 1.97. The van der Waals surface area contributed by atoms with E-state index in [2.05, 4.69) is 10.3 Å². The molecule has 0 radical (unpaired) electrons. The highest BCUT2D eigenvalue weighted by Crippen LogP contribution is 2.30. The Morgan fingerprint density at radius 2 is 2.10 bits per heavy atom. The molecule has 0 heterocycles. The Kier molecular flexibility index (Phi) is 5.03. The van der Waals surface area contributed by atoms with Gasteiger partial charge in [0, 0.05) is 13.3 Å². The van der Waals surface area contributed by atoms with E-state index < -0.39 is 15.8 Å². The highest BCUT2D eigenvalue weighted by Gasteiger charge is 2.11. The number of ether oxygens (including phenoxy) is 1. The monoisotopic (exact) mass is 301 g/mol. The molecule has 1 rings (SSSR count). The lowest BCUT2D eigenvalue weighted by Crippen LogP contribution is -2.19. The lowest BCUT2D eigenvalue weighted by atomic mass is 10.3. The van der Waals surface area contributed by atoms with Crippen molar-refractivity contribution in [3.63, 3.8) is 0 Å². The van der Waals surface area contributed by atoms with Gasteiger partial charge in [-0.2, -0.15) is 0 Å². The van der Waals surface area contributed by atoms with E-state index in [0.717, 1.165) is 11.3 Å². The van der Waals surface area contributed by atoms with Gasteiger partial charge in [-0.25, -0.2) is 8.42 Å². The van der Waals surface area contributed by atoms with Crippen molar-refractivity contribution in [2.75, 3.05) is 27.0 Å². The van der Waals surface area contributed by atoms with Crippen LogP contribution in [0.4, 0.5) is 5.69 Å². The van der Waals surface area contributed by atoms with Gasteiger partial charge < -0.3 is 9.84 Å². The summed E-state index contributed by atoms with van der Waals surface area (Å²) in [6.45, 7) is -0.322. The van der Waals surface area contributed by atoms with Gasteiger partial charge in [-0.05, 0) is 18.2 Å². The zero-order valence-corrected chi connectivity index (χ0v) is 12.1. The van der Waals surface area contributed by atoms with Crippen molar-refractivity contribution in [2.45, 2.75) is 4.90 Å². The van der Waals surface area contributed by atoms with Gasteiger partial charge >= 0.3 is 5.97 Å². The van der Waals surface area contributed by atoms with Crippen molar-refractivity contribution >= 4 is 21.5 Å². The minimum Gasteiger partial charge on any atom is -0.494 e. The molecule has 0 unspecified atom stereocenters. The van der Waals surface area contributed by atoms with Crippen LogP contribution in [0, 0.1) is 0 Å². The minimum absolute atomic E-state index is 0.0770. The SMILES string of the molecule is COc1ccc(S(C)(=O)=O)cc1N=NN(C)CC(=O)O. The number of methoxy groups -OCH3 is 1. The van der Waals surface area contributed by atoms with E-state index in [1.165, 1.54) is 32.4 Å². The van der Waals surface area contributed by atoms with Gasteiger partial charge in [-0.15, -0.1) is 5.11 Å². The molecule has 0 aromatic heterocycles. The molecule has 8 nitrogen and oxygen atoms in total. The number of carbonyl (C=O) groups is 1. The number of likely N-dealkylation sites (N-methyl/N-ethyl adjacent to an activating group) is 1. The van der Waals surface area contributed by atoms with Crippen LogP contribution in [0.25, 0.3) is 0 Å². The lowest BCUT2D eigenvalue weighted by molar-refractivity contribution is -0.138. The molecule has 0 atom stereocenters. The Bertz CT molecular complexity index is 627. The van der Waals surface area contributed by atoms with Crippen molar-refractivity contribution in [1.82, 2.24) is 5.01 Å². The average molecular weight is 301 g/mol. The fraction of sp³-hybridized carbons (Fsp3) is 0.364. The van der Waals surface area contributed by atoms with E-state index in [4.69, 9.17) is 9.84 Å². The number of nitrogens with zero attached hydrogens (tertiary/aromatic N) is 3. The molecule has 0 fully saturated rings. The minimum atomic E-state index is -3.37. The van der Waals surface area contributed by atoms with Gasteiger partial charge in [0.2, 0.25) is 0 Å². The Morgan fingerprint density at radius 1 is 1.45 bits per heavy atom. The highest BCUT2D eigenvalue weighted by molar-refractivity contribution is 7.90. The Morgan fingerprint density at radius 3 is 2.60 bits per heavy atom. The summed E-state index contributed by atoms with van der Waals surface area (Å²) in [5.74, 6) is -0.715. The standard InChI is InChI=1S/C11H15N3O5S/c1-14(7-11(15)16)13-12-9-6-8(20(3,17)18)4-5-10(9)19-2/h4-6H,7H2,1-3H3,(H,15,16). The van der Waals surface area contributed by atoms with E-state index in [-0.39, 0.29) is 17.1 Å². The molecule has 110 valence electrons. The van der Waals surface area contributed by atoms with Gasteiger partial charge in [0.25, 0.3) is 0 Å². The summed E-state index contributed by atoms with van der Waals surface area (Å²) >= 11 is 0. The first-order valence-corrected chi connectivity index (χ1v) is 7.36. The van der Waals surface area contributed by atoms with E-state index in [1.54, 1.807) is 0 Å². The van der Waals surface area contributed by atoms with Crippen molar-refractivity contribution in [1.29, 1.82) is 0 Å². The summed E-state index contributed by atoms with van der Waals surface area (Å²) in [6.07, 6.45) is 1.08. The fourth-order valence-electron chi connectivity index (χ4n) is 1.33. The molecule has 0 aliphatic carbocycles. The van der Waals surface area contributed by atoms with Crippen molar-refractivity contribution in [3.8, 4) is 5.75 Å². The maximum absolute atomic E-state index is 11.5. The number of sulfone groups is 1. The lowest BCUT2D eigenvalue weighted by Gasteiger charge is -2.09. The number of rotatable bonds is 6. The molecule has 0 bridgehead atoms. The van der Waals surface area contributed by atoms with Gasteiger partial charge in [0.15, 0.2) is 9.84 Å². The normalized spacial score (nSPS) is 11.6. The second-order valence-electron chi connectivity index (χ2n) is 4.00. The molecule has 0 saturated heterocycles. The summed E-state index contributed by atoms with van der Waals surface area (Å²) in [7, 11) is -0.526. The van der Waals surface area contributed by atoms with Crippen LogP contribution in [0.3, 0.4) is 0 Å². The van der Waals surface area contributed by atoms with Gasteiger partial charge in [-0.3, -0.25) is 9.80 Å². The van der Waals surface area contributed by atoms with Crippen molar-refractivity contribution in [2.24, 2.45) is 10.3 Å². The molecule has 9 heteroatoms. The van der Waals surface area contributed by atoms with Gasteiger partial charge in [0.1, 0.15) is 18.0 Å². The summed E-state index contributed by atoms with van der Waals surface area (Å²) in [5, 5.41) is 17.2. The molecule has 0 aliphatic heterocycles. The maximum Gasteiger partial charge on any atom is 0.324 e. The van der Waals surface area contributed by atoms with Crippen LogP contribution in [-0.4, -0.2) is 51.5 Å². The van der Waals surface area contributed by atoms with Crippen molar-refractivity contribution in [3.05, 3.63) is 18.2 Å². The number of benzene rings is 1. The molecular weight excluding hydrogens is 286 g/mol. The Hall–Kier alpha value is -2.16. The molecule has 0 aliphatic rings. The molecule has 0 spiro atoms. The Balaban J connectivity index is 3.09. The number of hydrogen-bond acceptors (Lipinski definition) is 6. The third kappa shape index (κ3) is 4.50. The summed E-state index contributed by atoms with van der Waals surface area (Å²) in [5.41, 5.74) is 0.202. The largest absolute Gasteiger partial charge is 0.494 e. The molecule has 0 amide bonds. The number of carboxylic acid groups (broad SMARTS) is 1. The van der Waals surface area contributed by atoms with E-state index in [1.807, 2.05) is 0 Å². The van der Waals surface area contributed by atoms with Crippen LogP contribution in [0.2, 0.25) is 0 Å². The summed E-state index contributed by atoms with van der Waals surface area (Å²) < 4.78 is 28.0. The number of hydrogen-bond donors (Lipinski definition) is 1. The third-order valence-corrected chi connectivity index (χ3v) is 3.36. The predicted octanol–water partition coefficient (Wildman–Crippen LogP) is 1.11. The first-order chi connectivity index (χ1) is 9.24. The maximum atomic E-state index is 11.5. The van der Waals surface area contributed by atoms with E-state index >= 15 is 0 Å². The van der Waals surface area contributed by atoms with Gasteiger partial charge in [0.05, 0.1) is 12.0 Å². The topological polar surface area (TPSA) is 109 Å². The van der Waals surface area contributed by atoms with Crippen LogP contribution in [0.5, 0.6) is 5.75 Å². The van der Waals surface area contributed by atoms with E-state index in [0.29, 0.717) is 5.75 Å². The first kappa shape index (κ1) is 15.9. The van der Waals surface area contributed by atoms with Crippen LogP contribution in [0.15, 0.2) is 33.4 Å². The average Bonchev–Trinajstić information content (AvgIpc) is 2.34. The third-order valence-electron chi connectivity index (χ3n) is 2.25. The molecule has 1 N–H and O–H groups in total. The zero-order valence-electron chi connectivity index (χ0n) is 11.3. The summed E-state index contributed by atoms with van der Waals surface area (Å²) in [6, 6.07) is 4.17. The number of carboxylic acids is 1. The van der Waals surface area contributed by atoms with E-state index in [9.17, 15) is 13.2 Å². The molecule has 1 aromatic carbocycles. The van der Waals surface area contributed by atoms with Crippen molar-refractivity contribution < 1.29 is 23.1 Å². The quantitative estimate of drug-likeness (QED) is 0.623. The Labute approximate surface area is 116 Å².